The summed E-state index contributed by atoms with van der Waals surface area (Å²) in [5.74, 6) is -1.83. The fourth-order valence-corrected chi connectivity index (χ4v) is 4.86. The Morgan fingerprint density at radius 2 is 1.54 bits per heavy atom. The molecule has 2 amide bonds. The Kier molecular flexibility index (Phi) is 7.73. The van der Waals surface area contributed by atoms with E-state index >= 15 is 0 Å². The number of ether oxygens (including phenoxy) is 1. The van der Waals surface area contributed by atoms with Crippen LogP contribution in [0.1, 0.15) is 50.2 Å². The second kappa shape index (κ2) is 10.9. The predicted molar refractivity (Wildman–Crippen MR) is 133 cm³/mol. The third kappa shape index (κ3) is 6.02. The minimum absolute atomic E-state index is 0.0253. The van der Waals surface area contributed by atoms with Gasteiger partial charge in [0.15, 0.2) is 0 Å². The summed E-state index contributed by atoms with van der Waals surface area (Å²) in [5, 5.41) is 14.9. The molecule has 0 aromatic heterocycles. The van der Waals surface area contributed by atoms with Crippen molar-refractivity contribution in [3.05, 3.63) is 59.7 Å². The average molecular weight is 479 g/mol. The Hall–Kier alpha value is -3.35. The lowest BCUT2D eigenvalue weighted by Crippen LogP contribution is -2.42. The summed E-state index contributed by atoms with van der Waals surface area (Å²) in [6.07, 6.45) is 2.29. The summed E-state index contributed by atoms with van der Waals surface area (Å²) in [4.78, 5) is 36.8. The number of rotatable bonds is 11. The van der Waals surface area contributed by atoms with E-state index in [-0.39, 0.29) is 37.4 Å². The van der Waals surface area contributed by atoms with Gasteiger partial charge in [0, 0.05) is 19.0 Å². The van der Waals surface area contributed by atoms with Gasteiger partial charge in [0.1, 0.15) is 6.61 Å². The van der Waals surface area contributed by atoms with Crippen LogP contribution in [0.5, 0.6) is 0 Å². The van der Waals surface area contributed by atoms with Crippen LogP contribution in [0.3, 0.4) is 0 Å². The molecule has 7 heteroatoms. The van der Waals surface area contributed by atoms with E-state index in [1.807, 2.05) is 38.1 Å². The van der Waals surface area contributed by atoms with Crippen LogP contribution in [0.25, 0.3) is 11.1 Å². The standard InChI is InChI=1S/C28H34N2O5/c1-17(2)24(27(32)33)15-29-26(31)19(13-18-11-12-18)14-30-28(34)35-16-25-22-9-5-3-7-20(22)21-8-4-6-10-23(21)25/h3-10,17-19,24-25H,11-16H2,1-2H3,(H,29,31)(H,30,34)(H,32,33). The molecule has 2 atom stereocenters. The normalized spacial score (nSPS) is 16.2. The second-order valence-corrected chi connectivity index (χ2v) is 10.0. The summed E-state index contributed by atoms with van der Waals surface area (Å²) in [7, 11) is 0. The fraction of sp³-hybridized carbons (Fsp3) is 0.464. The van der Waals surface area contributed by atoms with Gasteiger partial charge in [0.05, 0.1) is 11.8 Å². The molecule has 1 saturated carbocycles. The van der Waals surface area contributed by atoms with E-state index in [1.165, 1.54) is 11.1 Å². The highest BCUT2D eigenvalue weighted by atomic mass is 16.5. The van der Waals surface area contributed by atoms with Gasteiger partial charge in [-0.2, -0.15) is 0 Å². The molecule has 0 spiro atoms. The number of carbonyl (C=O) groups is 3. The third-order valence-corrected chi connectivity index (χ3v) is 7.14. The highest BCUT2D eigenvalue weighted by Gasteiger charge is 2.32. The number of carbonyl (C=O) groups excluding carboxylic acids is 2. The van der Waals surface area contributed by atoms with Crippen molar-refractivity contribution in [1.82, 2.24) is 10.6 Å². The first-order chi connectivity index (χ1) is 16.8. The predicted octanol–water partition coefficient (Wildman–Crippen LogP) is 4.41. The third-order valence-electron chi connectivity index (χ3n) is 7.14. The molecule has 0 bridgehead atoms. The molecule has 0 aliphatic heterocycles. The van der Waals surface area contributed by atoms with Crippen molar-refractivity contribution in [3.63, 3.8) is 0 Å². The zero-order chi connectivity index (χ0) is 24.9. The topological polar surface area (TPSA) is 105 Å². The van der Waals surface area contributed by atoms with Crippen LogP contribution in [0.15, 0.2) is 48.5 Å². The van der Waals surface area contributed by atoms with Crippen molar-refractivity contribution in [2.24, 2.45) is 23.7 Å². The largest absolute Gasteiger partial charge is 0.481 e. The molecule has 2 aromatic carbocycles. The van der Waals surface area contributed by atoms with E-state index in [0.29, 0.717) is 12.3 Å². The van der Waals surface area contributed by atoms with Crippen LogP contribution in [-0.2, 0) is 14.3 Å². The van der Waals surface area contributed by atoms with Crippen LogP contribution in [-0.4, -0.2) is 42.8 Å². The van der Waals surface area contributed by atoms with Gasteiger partial charge < -0.3 is 20.5 Å². The molecule has 3 N–H and O–H groups in total. The minimum Gasteiger partial charge on any atom is -0.481 e. The minimum atomic E-state index is -0.921. The zero-order valence-corrected chi connectivity index (χ0v) is 20.3. The smallest absolute Gasteiger partial charge is 0.407 e. The van der Waals surface area contributed by atoms with Gasteiger partial charge in [-0.3, -0.25) is 9.59 Å². The summed E-state index contributed by atoms with van der Waals surface area (Å²) in [6, 6.07) is 16.3. The lowest BCUT2D eigenvalue weighted by molar-refractivity contribution is -0.143. The highest BCUT2D eigenvalue weighted by molar-refractivity contribution is 5.81. The number of benzene rings is 2. The maximum atomic E-state index is 12.8. The molecule has 35 heavy (non-hydrogen) atoms. The highest BCUT2D eigenvalue weighted by Crippen LogP contribution is 2.44. The molecule has 186 valence electrons. The lowest BCUT2D eigenvalue weighted by atomic mass is 9.95. The van der Waals surface area contributed by atoms with Crippen molar-refractivity contribution >= 4 is 18.0 Å². The van der Waals surface area contributed by atoms with Gasteiger partial charge in [-0.15, -0.1) is 0 Å². The van der Waals surface area contributed by atoms with E-state index in [9.17, 15) is 19.5 Å². The van der Waals surface area contributed by atoms with Gasteiger partial charge in [-0.25, -0.2) is 4.79 Å². The number of aliphatic carboxylic acids is 1. The maximum Gasteiger partial charge on any atom is 0.407 e. The van der Waals surface area contributed by atoms with Crippen molar-refractivity contribution in [3.8, 4) is 11.1 Å². The zero-order valence-electron chi connectivity index (χ0n) is 20.3. The molecular formula is C28H34N2O5. The first-order valence-corrected chi connectivity index (χ1v) is 12.4. The monoisotopic (exact) mass is 478 g/mol. The van der Waals surface area contributed by atoms with Crippen molar-refractivity contribution in [1.29, 1.82) is 0 Å². The molecule has 1 fully saturated rings. The van der Waals surface area contributed by atoms with Crippen LogP contribution in [0.4, 0.5) is 4.79 Å². The van der Waals surface area contributed by atoms with Crippen LogP contribution < -0.4 is 10.6 Å². The number of nitrogens with one attached hydrogen (secondary N) is 2. The molecule has 2 unspecified atom stereocenters. The van der Waals surface area contributed by atoms with Crippen molar-refractivity contribution < 1.29 is 24.2 Å². The van der Waals surface area contributed by atoms with Gasteiger partial charge in [-0.05, 0) is 40.5 Å². The fourth-order valence-electron chi connectivity index (χ4n) is 4.86. The van der Waals surface area contributed by atoms with Gasteiger partial charge in [0.25, 0.3) is 0 Å². The Bertz CT molecular complexity index is 1030. The molecule has 2 aliphatic carbocycles. The number of hydrogen-bond donors (Lipinski definition) is 3. The molecule has 2 aliphatic rings. The van der Waals surface area contributed by atoms with Gasteiger partial charge in [0.2, 0.25) is 5.91 Å². The summed E-state index contributed by atoms with van der Waals surface area (Å²) in [6.45, 7) is 4.11. The summed E-state index contributed by atoms with van der Waals surface area (Å²) >= 11 is 0. The van der Waals surface area contributed by atoms with Crippen LogP contribution in [0, 0.1) is 23.7 Å². The lowest BCUT2D eigenvalue weighted by Gasteiger charge is -2.21. The van der Waals surface area contributed by atoms with Crippen molar-refractivity contribution in [2.45, 2.75) is 39.0 Å². The molecule has 4 rings (SSSR count). The number of hydrogen-bond acceptors (Lipinski definition) is 4. The Morgan fingerprint density at radius 1 is 0.943 bits per heavy atom. The quantitative estimate of drug-likeness (QED) is 0.444. The average Bonchev–Trinajstić information content (AvgIpc) is 3.60. The molecule has 2 aromatic rings. The number of fused-ring (bicyclic) bond motifs is 3. The van der Waals surface area contributed by atoms with Crippen molar-refractivity contribution in [2.75, 3.05) is 19.7 Å². The Balaban J connectivity index is 1.31. The molecular weight excluding hydrogens is 444 g/mol. The Labute approximate surface area is 206 Å². The first kappa shape index (κ1) is 24.8. The van der Waals surface area contributed by atoms with Gasteiger partial charge >= 0.3 is 12.1 Å². The van der Waals surface area contributed by atoms with E-state index in [2.05, 4.69) is 34.9 Å². The van der Waals surface area contributed by atoms with E-state index in [1.54, 1.807) is 0 Å². The van der Waals surface area contributed by atoms with Crippen LogP contribution in [0.2, 0.25) is 0 Å². The number of carboxylic acid groups (broad SMARTS) is 1. The number of carboxylic acids is 1. The molecule has 0 heterocycles. The summed E-state index contributed by atoms with van der Waals surface area (Å²) in [5.41, 5.74) is 4.62. The van der Waals surface area contributed by atoms with Gasteiger partial charge in [-0.1, -0.05) is 75.2 Å². The Morgan fingerprint density at radius 3 is 2.09 bits per heavy atom. The van der Waals surface area contributed by atoms with E-state index < -0.39 is 23.9 Å². The number of alkyl carbamates (subject to hydrolysis) is 1. The second-order valence-electron chi connectivity index (χ2n) is 10.0. The van der Waals surface area contributed by atoms with Crippen LogP contribution >= 0.6 is 0 Å². The van der Waals surface area contributed by atoms with E-state index in [4.69, 9.17) is 4.74 Å². The summed E-state index contributed by atoms with van der Waals surface area (Å²) < 4.78 is 5.59. The molecule has 0 radical (unpaired) electrons. The maximum absolute atomic E-state index is 12.8. The SMILES string of the molecule is CC(C)C(CNC(=O)C(CNC(=O)OCC1c2ccccc2-c2ccccc21)CC1CC1)C(=O)O. The molecule has 7 nitrogen and oxygen atoms in total. The van der Waals surface area contributed by atoms with E-state index in [0.717, 1.165) is 24.0 Å². The first-order valence-electron chi connectivity index (χ1n) is 12.4. The molecule has 0 saturated heterocycles. The number of amides is 2.